The summed E-state index contributed by atoms with van der Waals surface area (Å²) in [6.45, 7) is 13.4. The third-order valence-corrected chi connectivity index (χ3v) is 8.57. The smallest absolute Gasteiger partial charge is 0.103 e. The van der Waals surface area contributed by atoms with Crippen LogP contribution in [0, 0.1) is 11.8 Å². The summed E-state index contributed by atoms with van der Waals surface area (Å²) < 4.78 is 0. The van der Waals surface area contributed by atoms with Crippen LogP contribution in [-0.2, 0) is 0 Å². The number of unbranched alkanes of at least 4 members (excludes halogenated alkanes) is 7. The van der Waals surface area contributed by atoms with E-state index in [1.165, 1.54) is 51.4 Å². The Kier molecular flexibility index (Phi) is 14.4. The van der Waals surface area contributed by atoms with Gasteiger partial charge in [-0.25, -0.2) is 0 Å². The van der Waals surface area contributed by atoms with Crippen molar-refractivity contribution in [3.05, 3.63) is 12.7 Å². The number of allylic oxidation sites excluding steroid dienone is 1. The predicted octanol–water partition coefficient (Wildman–Crippen LogP) is 7.10. The summed E-state index contributed by atoms with van der Waals surface area (Å²) in [5, 5.41) is 4.74. The second-order valence-electron chi connectivity index (χ2n) is 7.47. The van der Waals surface area contributed by atoms with E-state index in [1.54, 1.807) is 15.8 Å². The summed E-state index contributed by atoms with van der Waals surface area (Å²) in [5.41, 5.74) is 0. The van der Waals surface area contributed by atoms with E-state index >= 15 is 0 Å². The van der Waals surface area contributed by atoms with Crippen LogP contribution < -0.4 is 0 Å². The van der Waals surface area contributed by atoms with Crippen LogP contribution in [0.5, 0.6) is 0 Å². The monoisotopic (exact) mass is 294 g/mol. The average molecular weight is 295 g/mol. The molecule has 0 aliphatic carbocycles. The molecule has 0 aromatic heterocycles. The number of hydrogen-bond acceptors (Lipinski definition) is 0. The molecule has 0 heterocycles. The summed E-state index contributed by atoms with van der Waals surface area (Å²) in [4.78, 5) is 0. The van der Waals surface area contributed by atoms with E-state index in [1.807, 2.05) is 6.08 Å². The van der Waals surface area contributed by atoms with Gasteiger partial charge in [0.25, 0.3) is 14.1 Å². The molecule has 0 bridgehead atoms. The van der Waals surface area contributed by atoms with E-state index in [-0.39, 0.29) is 0 Å². The zero-order valence-electron chi connectivity index (χ0n) is 14.8. The van der Waals surface area contributed by atoms with Crippen molar-refractivity contribution in [3.8, 4) is 0 Å². The van der Waals surface area contributed by atoms with Crippen molar-refractivity contribution in [2.24, 2.45) is 11.8 Å². The zero-order chi connectivity index (χ0) is 15.2. The largest absolute Gasteiger partial charge is 0.262 e. The average Bonchev–Trinajstić information content (AvgIpc) is 2.35. The highest BCUT2D eigenvalue weighted by Gasteiger charge is 2.19. The zero-order valence-corrected chi connectivity index (χ0v) is 15.9. The van der Waals surface area contributed by atoms with Gasteiger partial charge in [0, 0.05) is 0 Å². The molecule has 20 heavy (non-hydrogen) atoms. The fraction of sp³-hybridized carbons (Fsp3) is 0.895. The second-order valence-corrected chi connectivity index (χ2v) is 10.7. The molecule has 0 saturated carbocycles. The minimum absolute atomic E-state index is 0.435. The van der Waals surface area contributed by atoms with E-state index in [0.717, 1.165) is 11.8 Å². The normalized spacial score (nSPS) is 11.3. The lowest BCUT2D eigenvalue weighted by Gasteiger charge is -2.16. The van der Waals surface area contributed by atoms with Gasteiger partial charge in [0.1, 0.15) is 0 Å². The Bertz CT molecular complexity index is 198. The molecular weight excluding hydrogens is 255 g/mol. The Balaban J connectivity index is 3.50. The molecule has 0 saturated heterocycles. The highest BCUT2D eigenvalue weighted by atomic mass is 27.2. The lowest BCUT2D eigenvalue weighted by molar-refractivity contribution is 0.589. The quantitative estimate of drug-likeness (QED) is 0.182. The van der Waals surface area contributed by atoms with Crippen molar-refractivity contribution >= 4 is 14.1 Å². The highest BCUT2D eigenvalue weighted by Crippen LogP contribution is 2.20. The standard InChI is InChI=1S/C11H21.2C4H9.Al/c1-3-5-7-9-11-10-8-6-4-2;2*1-4(2)3;/h3H,1-2,4-11H2;2*4H,1H2,2-3H3;. The van der Waals surface area contributed by atoms with E-state index in [0.29, 0.717) is 0 Å². The first-order valence-electron chi connectivity index (χ1n) is 9.17. The summed E-state index contributed by atoms with van der Waals surface area (Å²) in [6, 6.07) is 0. The molecule has 0 spiro atoms. The van der Waals surface area contributed by atoms with Crippen molar-refractivity contribution in [2.75, 3.05) is 0 Å². The molecule has 0 rings (SSSR count). The summed E-state index contributed by atoms with van der Waals surface area (Å²) >= 11 is -0.435. The lowest BCUT2D eigenvalue weighted by atomic mass is 10.1. The molecule has 0 radical (unpaired) electrons. The van der Waals surface area contributed by atoms with E-state index in [2.05, 4.69) is 34.3 Å². The molecule has 0 amide bonds. The Morgan fingerprint density at radius 3 is 1.65 bits per heavy atom. The van der Waals surface area contributed by atoms with E-state index < -0.39 is 14.1 Å². The molecule has 0 aromatic rings. The van der Waals surface area contributed by atoms with Gasteiger partial charge in [-0.15, -0.1) is 6.58 Å². The maximum atomic E-state index is 3.78. The van der Waals surface area contributed by atoms with Crippen molar-refractivity contribution in [1.29, 1.82) is 0 Å². The maximum absolute atomic E-state index is 3.78. The number of rotatable bonds is 14. The van der Waals surface area contributed by atoms with Crippen LogP contribution >= 0.6 is 0 Å². The van der Waals surface area contributed by atoms with Crippen molar-refractivity contribution < 1.29 is 0 Å². The van der Waals surface area contributed by atoms with Crippen molar-refractivity contribution in [1.82, 2.24) is 0 Å². The first kappa shape index (κ1) is 20.3. The first-order valence-corrected chi connectivity index (χ1v) is 11.6. The molecule has 0 aromatic carbocycles. The Morgan fingerprint density at radius 1 is 0.750 bits per heavy atom. The number of hydrogen-bond donors (Lipinski definition) is 0. The van der Waals surface area contributed by atoms with Crippen molar-refractivity contribution in [2.45, 2.75) is 94.9 Å². The minimum atomic E-state index is -0.435. The van der Waals surface area contributed by atoms with Gasteiger partial charge in [-0.05, 0) is 12.8 Å². The van der Waals surface area contributed by atoms with Crippen LogP contribution in [0.25, 0.3) is 0 Å². The van der Waals surface area contributed by atoms with E-state index in [4.69, 9.17) is 0 Å². The fourth-order valence-corrected chi connectivity index (χ4v) is 7.47. The summed E-state index contributed by atoms with van der Waals surface area (Å²) in [5.74, 6) is 1.85. The van der Waals surface area contributed by atoms with Gasteiger partial charge in [-0.2, -0.15) is 0 Å². The van der Waals surface area contributed by atoms with Gasteiger partial charge in [-0.1, -0.05) is 100.0 Å². The third-order valence-electron chi connectivity index (χ3n) is 4.13. The molecule has 0 aliphatic heterocycles. The molecule has 1 heteroatoms. The van der Waals surface area contributed by atoms with E-state index in [9.17, 15) is 0 Å². The molecule has 0 aliphatic rings. The van der Waals surface area contributed by atoms with Crippen LogP contribution in [0.4, 0.5) is 0 Å². The summed E-state index contributed by atoms with van der Waals surface area (Å²) in [6.07, 6.45) is 13.4. The van der Waals surface area contributed by atoms with Gasteiger partial charge in [0.15, 0.2) is 0 Å². The van der Waals surface area contributed by atoms with Gasteiger partial charge in [0.2, 0.25) is 0 Å². The fourth-order valence-electron chi connectivity index (χ4n) is 3.27. The second kappa shape index (κ2) is 14.2. The molecule has 0 unspecified atom stereocenters. The molecular formula is C19H39Al. The Hall–Kier alpha value is 0.272. The van der Waals surface area contributed by atoms with Crippen LogP contribution in [0.1, 0.15) is 79.1 Å². The minimum Gasteiger partial charge on any atom is -0.103 e. The third kappa shape index (κ3) is 14.7. The van der Waals surface area contributed by atoms with Crippen LogP contribution in [0.3, 0.4) is 0 Å². The first-order chi connectivity index (χ1) is 9.56. The Morgan fingerprint density at radius 2 is 1.20 bits per heavy atom. The molecule has 0 nitrogen and oxygen atoms in total. The SMILES string of the molecule is C=CCCCCCCCC[CH2][Al]([CH2]C(C)C)[CH2]C(C)C. The van der Waals surface area contributed by atoms with Gasteiger partial charge < -0.3 is 0 Å². The molecule has 118 valence electrons. The van der Waals surface area contributed by atoms with Crippen LogP contribution in [0.2, 0.25) is 15.8 Å². The van der Waals surface area contributed by atoms with Crippen molar-refractivity contribution in [3.63, 3.8) is 0 Å². The lowest BCUT2D eigenvalue weighted by Crippen LogP contribution is -2.17. The molecule has 0 fully saturated rings. The van der Waals surface area contributed by atoms with Gasteiger partial charge in [-0.3, -0.25) is 0 Å². The Labute approximate surface area is 133 Å². The van der Waals surface area contributed by atoms with Crippen LogP contribution in [-0.4, -0.2) is 14.1 Å². The maximum Gasteiger partial charge on any atom is 0.262 e. The molecule has 0 atom stereocenters. The molecule has 0 N–H and O–H groups in total. The van der Waals surface area contributed by atoms with Gasteiger partial charge >= 0.3 is 0 Å². The highest BCUT2D eigenvalue weighted by molar-refractivity contribution is 6.58. The van der Waals surface area contributed by atoms with Crippen LogP contribution in [0.15, 0.2) is 12.7 Å². The van der Waals surface area contributed by atoms with Gasteiger partial charge in [0.05, 0.1) is 0 Å². The predicted molar refractivity (Wildman–Crippen MR) is 97.0 cm³/mol. The topological polar surface area (TPSA) is 0 Å². The summed E-state index contributed by atoms with van der Waals surface area (Å²) in [7, 11) is 0.